The number of carbonyl (C=O) groups excluding carboxylic acids is 2. The molecule has 212 valence electrons. The number of nitrogens with zero attached hydrogens (tertiary/aromatic N) is 3. The summed E-state index contributed by atoms with van der Waals surface area (Å²) in [6.07, 6.45) is 5.97. The molecule has 3 rings (SSSR count). The summed E-state index contributed by atoms with van der Waals surface area (Å²) in [6, 6.07) is -0.589. The molecule has 0 radical (unpaired) electrons. The Balaban J connectivity index is 1.41. The van der Waals surface area contributed by atoms with E-state index in [2.05, 4.69) is 15.3 Å². The molecule has 11 heteroatoms. The molecule has 1 aromatic heterocycles. The van der Waals surface area contributed by atoms with Gasteiger partial charge < -0.3 is 24.3 Å². The maximum absolute atomic E-state index is 13.2. The van der Waals surface area contributed by atoms with Gasteiger partial charge in [0, 0.05) is 36.7 Å². The van der Waals surface area contributed by atoms with Crippen LogP contribution in [0.5, 0.6) is 0 Å². The first-order valence-electron chi connectivity index (χ1n) is 13.7. The molecule has 3 heterocycles. The zero-order valence-corrected chi connectivity index (χ0v) is 25.3. The first-order chi connectivity index (χ1) is 17.6. The van der Waals surface area contributed by atoms with Gasteiger partial charge in [0.25, 0.3) is 0 Å². The fourth-order valence-electron chi connectivity index (χ4n) is 4.41. The number of hydrogen-bond donors (Lipinski definition) is 1. The van der Waals surface area contributed by atoms with Crippen LogP contribution in [0.2, 0.25) is 0 Å². The molecule has 38 heavy (non-hydrogen) atoms. The van der Waals surface area contributed by atoms with E-state index in [1.807, 2.05) is 67.2 Å². The predicted molar refractivity (Wildman–Crippen MR) is 150 cm³/mol. The van der Waals surface area contributed by atoms with Gasteiger partial charge in [0.15, 0.2) is 5.16 Å². The van der Waals surface area contributed by atoms with Crippen molar-refractivity contribution in [2.75, 3.05) is 18.8 Å². The van der Waals surface area contributed by atoms with Crippen molar-refractivity contribution in [2.24, 2.45) is 11.8 Å². The molecule has 2 saturated heterocycles. The maximum Gasteiger partial charge on any atom is 0.498 e. The lowest BCUT2D eigenvalue weighted by Crippen LogP contribution is -2.53. The van der Waals surface area contributed by atoms with Gasteiger partial charge in [0.2, 0.25) is 5.91 Å². The van der Waals surface area contributed by atoms with Gasteiger partial charge in [-0.1, -0.05) is 25.6 Å². The van der Waals surface area contributed by atoms with Crippen LogP contribution in [0.15, 0.2) is 17.6 Å². The van der Waals surface area contributed by atoms with Crippen molar-refractivity contribution in [3.05, 3.63) is 12.4 Å². The van der Waals surface area contributed by atoms with E-state index in [1.165, 1.54) is 0 Å². The minimum atomic E-state index is -0.606. The molecule has 0 spiro atoms. The van der Waals surface area contributed by atoms with Crippen LogP contribution in [-0.2, 0) is 18.8 Å². The fraction of sp³-hybridized carbons (Fsp3) is 0.778. The van der Waals surface area contributed by atoms with Crippen LogP contribution in [0.4, 0.5) is 4.79 Å². The molecule has 0 aliphatic carbocycles. The lowest BCUT2D eigenvalue weighted by Gasteiger charge is -2.35. The van der Waals surface area contributed by atoms with E-state index in [0.717, 1.165) is 35.6 Å². The number of alkyl carbamates (subject to hydrolysis) is 1. The average molecular weight is 549 g/mol. The standard InChI is InChI=1S/C27H45BN4O5S/c1-18(2)21(31-24(34)35-25(3,4)5)22(33)32-13-10-19(11-14-32)12-15-38-23-29-16-20(17-30-23)28-36-26(6,7)27(8,9)37-28/h16-19,21H,10-15H2,1-9H3,(H,31,34)/t21-/m1/s1. The fourth-order valence-corrected chi connectivity index (χ4v) is 5.29. The number of hydrogen-bond acceptors (Lipinski definition) is 8. The first-order valence-corrected chi connectivity index (χ1v) is 14.7. The molecule has 1 N–H and O–H groups in total. The number of likely N-dealkylation sites (tertiary alicyclic amines) is 1. The highest BCUT2D eigenvalue weighted by Crippen LogP contribution is 2.36. The molecule has 1 aromatic rings. The number of piperidine rings is 1. The van der Waals surface area contributed by atoms with Crippen LogP contribution in [0.1, 0.15) is 81.6 Å². The summed E-state index contributed by atoms with van der Waals surface area (Å²) in [6.45, 7) is 18.8. The number of aromatic nitrogens is 2. The summed E-state index contributed by atoms with van der Waals surface area (Å²) in [4.78, 5) is 36.3. The Morgan fingerprint density at radius 3 is 2.18 bits per heavy atom. The van der Waals surface area contributed by atoms with Crippen LogP contribution < -0.4 is 10.8 Å². The maximum atomic E-state index is 13.2. The van der Waals surface area contributed by atoms with Gasteiger partial charge in [-0.05, 0) is 79.6 Å². The first kappa shape index (κ1) is 30.7. The Labute approximate surface area is 232 Å². The minimum Gasteiger partial charge on any atom is -0.444 e. The molecule has 2 amide bonds. The molecular formula is C27H45BN4O5S. The molecule has 2 aliphatic heterocycles. The molecule has 1 atom stereocenters. The van der Waals surface area contributed by atoms with Gasteiger partial charge in [0.05, 0.1) is 11.2 Å². The van der Waals surface area contributed by atoms with Crippen molar-refractivity contribution in [1.29, 1.82) is 0 Å². The van der Waals surface area contributed by atoms with Gasteiger partial charge in [-0.25, -0.2) is 14.8 Å². The summed E-state index contributed by atoms with van der Waals surface area (Å²) in [5, 5.41) is 3.52. The van der Waals surface area contributed by atoms with Crippen LogP contribution >= 0.6 is 11.8 Å². The van der Waals surface area contributed by atoms with E-state index in [4.69, 9.17) is 14.0 Å². The Morgan fingerprint density at radius 2 is 1.68 bits per heavy atom. The Morgan fingerprint density at radius 1 is 1.13 bits per heavy atom. The van der Waals surface area contributed by atoms with Crippen molar-refractivity contribution >= 4 is 36.3 Å². The van der Waals surface area contributed by atoms with E-state index >= 15 is 0 Å². The minimum absolute atomic E-state index is 0.0275. The highest BCUT2D eigenvalue weighted by Gasteiger charge is 2.52. The van der Waals surface area contributed by atoms with E-state index in [9.17, 15) is 9.59 Å². The second-order valence-electron chi connectivity index (χ2n) is 12.7. The number of nitrogens with one attached hydrogen (secondary N) is 1. The summed E-state index contributed by atoms with van der Waals surface area (Å²) >= 11 is 1.65. The topological polar surface area (TPSA) is 103 Å². The third kappa shape index (κ3) is 8.08. The third-order valence-electron chi connectivity index (χ3n) is 7.46. The van der Waals surface area contributed by atoms with E-state index < -0.39 is 36.1 Å². The highest BCUT2D eigenvalue weighted by atomic mass is 32.2. The molecule has 9 nitrogen and oxygen atoms in total. The molecular weight excluding hydrogens is 503 g/mol. The second kappa shape index (κ2) is 12.1. The van der Waals surface area contributed by atoms with Crippen LogP contribution in [0.25, 0.3) is 0 Å². The van der Waals surface area contributed by atoms with Crippen LogP contribution in [0, 0.1) is 11.8 Å². The van der Waals surface area contributed by atoms with Gasteiger partial charge in [-0.15, -0.1) is 0 Å². The lowest BCUT2D eigenvalue weighted by atomic mass is 9.81. The normalized spacial score (nSPS) is 20.5. The Kier molecular flexibility index (Phi) is 9.79. The van der Waals surface area contributed by atoms with Crippen LogP contribution in [-0.4, -0.2) is 75.7 Å². The summed E-state index contributed by atoms with van der Waals surface area (Å²) < 4.78 is 17.5. The summed E-state index contributed by atoms with van der Waals surface area (Å²) in [5.41, 5.74) is -0.567. The van der Waals surface area contributed by atoms with Crippen molar-refractivity contribution in [3.8, 4) is 0 Å². The van der Waals surface area contributed by atoms with Crippen molar-refractivity contribution in [3.63, 3.8) is 0 Å². The van der Waals surface area contributed by atoms with Crippen LogP contribution in [0.3, 0.4) is 0 Å². The number of amides is 2. The molecule has 0 unspecified atom stereocenters. The Hall–Kier alpha value is -1.85. The van der Waals surface area contributed by atoms with Crippen molar-refractivity contribution in [2.45, 2.75) is 110 Å². The highest BCUT2D eigenvalue weighted by molar-refractivity contribution is 7.99. The molecule has 0 bridgehead atoms. The zero-order valence-electron chi connectivity index (χ0n) is 24.5. The predicted octanol–water partition coefficient (Wildman–Crippen LogP) is 4.05. The average Bonchev–Trinajstić information content (AvgIpc) is 3.03. The van der Waals surface area contributed by atoms with Gasteiger partial charge >= 0.3 is 13.2 Å². The van der Waals surface area contributed by atoms with E-state index in [1.54, 1.807) is 24.2 Å². The number of thioether (sulfide) groups is 1. The lowest BCUT2D eigenvalue weighted by molar-refractivity contribution is -0.136. The van der Waals surface area contributed by atoms with Crippen molar-refractivity contribution in [1.82, 2.24) is 20.2 Å². The smallest absolute Gasteiger partial charge is 0.444 e. The number of ether oxygens (including phenoxy) is 1. The summed E-state index contributed by atoms with van der Waals surface area (Å²) in [5.74, 6) is 1.41. The second-order valence-corrected chi connectivity index (χ2v) is 13.7. The number of rotatable bonds is 8. The van der Waals surface area contributed by atoms with Gasteiger partial charge in [-0.3, -0.25) is 4.79 Å². The van der Waals surface area contributed by atoms with Gasteiger partial charge in [-0.2, -0.15) is 0 Å². The SMILES string of the molecule is CC(C)[C@@H](NC(=O)OC(C)(C)C)C(=O)N1CCC(CCSc2ncc(B3OC(C)(C)C(C)(C)O3)cn2)CC1. The monoisotopic (exact) mass is 548 g/mol. The molecule has 2 aliphatic rings. The number of carbonyl (C=O) groups is 2. The molecule has 0 saturated carbocycles. The quantitative estimate of drug-likeness (QED) is 0.295. The largest absolute Gasteiger partial charge is 0.498 e. The Bertz CT molecular complexity index is 943. The van der Waals surface area contributed by atoms with Gasteiger partial charge in [0.1, 0.15) is 11.6 Å². The molecule has 2 fully saturated rings. The van der Waals surface area contributed by atoms with E-state index in [0.29, 0.717) is 19.0 Å². The van der Waals surface area contributed by atoms with E-state index in [-0.39, 0.29) is 11.8 Å². The zero-order chi connectivity index (χ0) is 28.3. The third-order valence-corrected chi connectivity index (χ3v) is 8.37. The van der Waals surface area contributed by atoms with Crippen molar-refractivity contribution < 1.29 is 23.6 Å². The summed E-state index contributed by atoms with van der Waals surface area (Å²) in [7, 11) is -0.457. The molecule has 0 aromatic carbocycles.